The van der Waals surface area contributed by atoms with E-state index in [1.807, 2.05) is 6.07 Å². The molecule has 0 aliphatic rings. The van der Waals surface area contributed by atoms with Crippen LogP contribution in [0.1, 0.15) is 12.5 Å². The zero-order valence-electron chi connectivity index (χ0n) is 14.5. The molecule has 0 aliphatic heterocycles. The molecule has 0 saturated carbocycles. The molecule has 0 radical (unpaired) electrons. The number of carbonyl (C=O) groups is 2. The maximum absolute atomic E-state index is 12.7. The monoisotopic (exact) mass is 394 g/mol. The maximum Gasteiger partial charge on any atom is 0.261 e. The number of rotatable bonds is 7. The normalized spacial score (nSPS) is 11.5. The number of hydrogen-bond donors (Lipinski definition) is 1. The first-order valence-corrected chi connectivity index (χ1v) is 8.80. The van der Waals surface area contributed by atoms with Gasteiger partial charge in [0.1, 0.15) is 11.8 Å². The second-order valence-corrected chi connectivity index (χ2v) is 6.56. The molecule has 2 aromatic carbocycles. The van der Waals surface area contributed by atoms with E-state index < -0.39 is 6.04 Å². The van der Waals surface area contributed by atoms with Gasteiger partial charge in [-0.1, -0.05) is 41.4 Å². The van der Waals surface area contributed by atoms with Crippen molar-refractivity contribution in [2.24, 2.45) is 0 Å². The number of likely N-dealkylation sites (N-methyl/N-ethyl adjacent to an activating group) is 1. The molecule has 0 heterocycles. The van der Waals surface area contributed by atoms with Gasteiger partial charge in [-0.25, -0.2) is 0 Å². The third-order valence-corrected chi connectivity index (χ3v) is 4.28. The number of nitrogens with one attached hydrogen (secondary N) is 1. The minimum Gasteiger partial charge on any atom is -0.484 e. The van der Waals surface area contributed by atoms with Crippen molar-refractivity contribution in [1.29, 1.82) is 0 Å². The molecule has 0 saturated heterocycles. The van der Waals surface area contributed by atoms with Crippen molar-refractivity contribution in [1.82, 2.24) is 10.2 Å². The molecule has 26 heavy (non-hydrogen) atoms. The van der Waals surface area contributed by atoms with Gasteiger partial charge in [0.05, 0.1) is 0 Å². The molecule has 0 aliphatic carbocycles. The number of amides is 2. The lowest BCUT2D eigenvalue weighted by molar-refractivity contribution is -0.142. The first-order chi connectivity index (χ1) is 12.4. The van der Waals surface area contributed by atoms with Gasteiger partial charge in [-0.15, -0.1) is 0 Å². The summed E-state index contributed by atoms with van der Waals surface area (Å²) in [5.74, 6) is -0.0923. The Bertz CT molecular complexity index is 783. The SMILES string of the molecule is CNC(=O)C(C)N(Cc1cccc(Cl)c1)C(=O)COc1cccc(Cl)c1. The maximum atomic E-state index is 12.7. The molecule has 0 aromatic heterocycles. The van der Waals surface area contributed by atoms with Crippen LogP contribution >= 0.6 is 23.2 Å². The molecule has 0 spiro atoms. The topological polar surface area (TPSA) is 58.6 Å². The zero-order chi connectivity index (χ0) is 19.1. The van der Waals surface area contributed by atoms with Crippen LogP contribution in [0.5, 0.6) is 5.75 Å². The van der Waals surface area contributed by atoms with E-state index in [0.717, 1.165) is 5.56 Å². The van der Waals surface area contributed by atoms with Crippen LogP contribution in [0, 0.1) is 0 Å². The summed E-state index contributed by atoms with van der Waals surface area (Å²) in [6.45, 7) is 1.70. The van der Waals surface area contributed by atoms with Gasteiger partial charge in [-0.3, -0.25) is 9.59 Å². The van der Waals surface area contributed by atoms with E-state index in [4.69, 9.17) is 27.9 Å². The molecular weight excluding hydrogens is 375 g/mol. The number of hydrogen-bond acceptors (Lipinski definition) is 3. The number of halogens is 2. The number of nitrogens with zero attached hydrogens (tertiary/aromatic N) is 1. The van der Waals surface area contributed by atoms with Crippen molar-refractivity contribution in [3.63, 3.8) is 0 Å². The Morgan fingerprint density at radius 1 is 1.12 bits per heavy atom. The van der Waals surface area contributed by atoms with Crippen LogP contribution in [0.4, 0.5) is 0 Å². The summed E-state index contributed by atoms with van der Waals surface area (Å²) < 4.78 is 5.52. The molecule has 0 fully saturated rings. The Morgan fingerprint density at radius 2 is 1.77 bits per heavy atom. The van der Waals surface area contributed by atoms with Gasteiger partial charge in [-0.05, 0) is 42.8 Å². The third-order valence-electron chi connectivity index (χ3n) is 3.81. The number of ether oxygens (including phenoxy) is 1. The fourth-order valence-corrected chi connectivity index (χ4v) is 2.80. The van der Waals surface area contributed by atoms with Crippen LogP contribution in [0.25, 0.3) is 0 Å². The van der Waals surface area contributed by atoms with Crippen LogP contribution in [-0.4, -0.2) is 36.4 Å². The smallest absolute Gasteiger partial charge is 0.261 e. The van der Waals surface area contributed by atoms with Gasteiger partial charge in [-0.2, -0.15) is 0 Å². The minimum absolute atomic E-state index is 0.206. The molecule has 2 rings (SSSR count). The fraction of sp³-hybridized carbons (Fsp3) is 0.263. The van der Waals surface area contributed by atoms with E-state index >= 15 is 0 Å². The summed E-state index contributed by atoms with van der Waals surface area (Å²) >= 11 is 11.9. The summed E-state index contributed by atoms with van der Waals surface area (Å²) in [6.07, 6.45) is 0. The molecule has 2 aromatic rings. The van der Waals surface area contributed by atoms with Crippen molar-refractivity contribution in [2.45, 2.75) is 19.5 Å². The molecule has 138 valence electrons. The van der Waals surface area contributed by atoms with E-state index in [-0.39, 0.29) is 25.0 Å². The molecule has 1 unspecified atom stereocenters. The Balaban J connectivity index is 2.13. The largest absolute Gasteiger partial charge is 0.484 e. The number of carbonyl (C=O) groups excluding carboxylic acids is 2. The average molecular weight is 395 g/mol. The van der Waals surface area contributed by atoms with Gasteiger partial charge in [0.15, 0.2) is 6.61 Å². The second kappa shape index (κ2) is 9.46. The highest BCUT2D eigenvalue weighted by Crippen LogP contribution is 2.18. The highest BCUT2D eigenvalue weighted by molar-refractivity contribution is 6.30. The lowest BCUT2D eigenvalue weighted by atomic mass is 10.1. The Kier molecular flexibility index (Phi) is 7.30. The average Bonchev–Trinajstić information content (AvgIpc) is 2.63. The Hall–Kier alpha value is -2.24. The predicted molar refractivity (Wildman–Crippen MR) is 102 cm³/mol. The van der Waals surface area contributed by atoms with E-state index in [2.05, 4.69) is 5.32 Å². The van der Waals surface area contributed by atoms with Crippen LogP contribution in [0.2, 0.25) is 10.0 Å². The molecule has 0 bridgehead atoms. The summed E-state index contributed by atoms with van der Waals surface area (Å²) in [4.78, 5) is 26.2. The first-order valence-electron chi connectivity index (χ1n) is 8.04. The molecule has 5 nitrogen and oxygen atoms in total. The van der Waals surface area contributed by atoms with E-state index in [0.29, 0.717) is 15.8 Å². The fourth-order valence-electron chi connectivity index (χ4n) is 2.41. The summed E-state index contributed by atoms with van der Waals surface area (Å²) in [7, 11) is 1.53. The first kappa shape index (κ1) is 20.1. The van der Waals surface area contributed by atoms with Crippen molar-refractivity contribution in [2.75, 3.05) is 13.7 Å². The minimum atomic E-state index is -0.658. The Morgan fingerprint density at radius 3 is 2.38 bits per heavy atom. The van der Waals surface area contributed by atoms with Crippen molar-refractivity contribution < 1.29 is 14.3 Å². The van der Waals surface area contributed by atoms with Crippen molar-refractivity contribution in [3.05, 3.63) is 64.1 Å². The highest BCUT2D eigenvalue weighted by Gasteiger charge is 2.25. The number of benzene rings is 2. The van der Waals surface area contributed by atoms with Crippen molar-refractivity contribution >= 4 is 35.0 Å². The molecular formula is C19H20Cl2N2O3. The van der Waals surface area contributed by atoms with Gasteiger partial charge in [0.2, 0.25) is 5.91 Å². The van der Waals surface area contributed by atoms with Crippen LogP contribution in [-0.2, 0) is 16.1 Å². The molecule has 1 atom stereocenters. The quantitative estimate of drug-likeness (QED) is 0.780. The van der Waals surface area contributed by atoms with Gasteiger partial charge < -0.3 is 15.0 Å². The van der Waals surface area contributed by atoms with E-state index in [1.165, 1.54) is 11.9 Å². The van der Waals surface area contributed by atoms with Crippen LogP contribution in [0.15, 0.2) is 48.5 Å². The third kappa shape index (κ3) is 5.64. The van der Waals surface area contributed by atoms with Gasteiger partial charge in [0, 0.05) is 23.6 Å². The zero-order valence-corrected chi connectivity index (χ0v) is 16.1. The molecule has 1 N–H and O–H groups in total. The standard InChI is InChI=1S/C19H20Cl2N2O3/c1-13(19(25)22-2)23(11-14-5-3-6-15(20)9-14)18(24)12-26-17-8-4-7-16(21)10-17/h3-10,13H,11-12H2,1-2H3,(H,22,25). The van der Waals surface area contributed by atoms with Crippen LogP contribution in [0.3, 0.4) is 0 Å². The summed E-state index contributed by atoms with van der Waals surface area (Å²) in [5.41, 5.74) is 0.823. The molecule has 7 heteroatoms. The van der Waals surface area contributed by atoms with E-state index in [9.17, 15) is 9.59 Å². The summed E-state index contributed by atoms with van der Waals surface area (Å²) in [6, 6.07) is 13.3. The summed E-state index contributed by atoms with van der Waals surface area (Å²) in [5, 5.41) is 3.65. The lowest BCUT2D eigenvalue weighted by Gasteiger charge is -2.28. The van der Waals surface area contributed by atoms with Gasteiger partial charge in [0.25, 0.3) is 5.91 Å². The predicted octanol–water partition coefficient (Wildman–Crippen LogP) is 3.54. The Labute approximate surface area is 162 Å². The van der Waals surface area contributed by atoms with Gasteiger partial charge >= 0.3 is 0 Å². The lowest BCUT2D eigenvalue weighted by Crippen LogP contribution is -2.48. The van der Waals surface area contributed by atoms with Crippen LogP contribution < -0.4 is 10.1 Å². The highest BCUT2D eigenvalue weighted by atomic mass is 35.5. The molecule has 2 amide bonds. The van der Waals surface area contributed by atoms with E-state index in [1.54, 1.807) is 49.4 Å². The second-order valence-electron chi connectivity index (χ2n) is 5.69. The van der Waals surface area contributed by atoms with Crippen molar-refractivity contribution in [3.8, 4) is 5.75 Å².